The topological polar surface area (TPSA) is 20.3 Å². The molecule has 4 heteroatoms. The van der Waals surface area contributed by atoms with E-state index in [1.165, 1.54) is 0 Å². The van der Waals surface area contributed by atoms with E-state index in [9.17, 15) is 4.79 Å². The second-order valence-corrected chi connectivity index (χ2v) is 4.76. The predicted octanol–water partition coefficient (Wildman–Crippen LogP) is 3.08. The largest absolute Gasteiger partial charge is 0.341 e. The average molecular weight is 305 g/mol. The molecule has 0 fully saturated rings. The summed E-state index contributed by atoms with van der Waals surface area (Å²) in [7, 11) is 0. The Morgan fingerprint density at radius 3 is 2.81 bits per heavy atom. The molecule has 0 saturated heterocycles. The van der Waals surface area contributed by atoms with Crippen LogP contribution < -0.4 is 0 Å². The Morgan fingerprint density at radius 2 is 2.25 bits per heavy atom. The van der Waals surface area contributed by atoms with Gasteiger partial charge in [-0.25, -0.2) is 0 Å². The first kappa shape index (κ1) is 13.5. The van der Waals surface area contributed by atoms with Crippen molar-refractivity contribution >= 4 is 33.4 Å². The third kappa shape index (κ3) is 4.14. The minimum Gasteiger partial charge on any atom is -0.341 e. The van der Waals surface area contributed by atoms with E-state index >= 15 is 0 Å². The van der Waals surface area contributed by atoms with E-state index in [0.29, 0.717) is 25.4 Å². The van der Waals surface area contributed by atoms with E-state index in [4.69, 9.17) is 11.6 Å². The van der Waals surface area contributed by atoms with Gasteiger partial charge in [0.2, 0.25) is 5.91 Å². The number of nitrogens with zero attached hydrogens (tertiary/aromatic N) is 1. The predicted molar refractivity (Wildman–Crippen MR) is 70.8 cm³/mol. The number of halogens is 2. The highest BCUT2D eigenvalue weighted by Gasteiger charge is 2.11. The van der Waals surface area contributed by atoms with Gasteiger partial charge in [0.25, 0.3) is 0 Å². The van der Waals surface area contributed by atoms with Crippen molar-refractivity contribution in [1.82, 2.24) is 4.90 Å². The molecule has 88 valence electrons. The van der Waals surface area contributed by atoms with Crippen LogP contribution in [0.25, 0.3) is 0 Å². The average Bonchev–Trinajstić information content (AvgIpc) is 2.25. The minimum absolute atomic E-state index is 0.126. The van der Waals surface area contributed by atoms with Crippen molar-refractivity contribution in [3.63, 3.8) is 0 Å². The third-order valence-corrected chi connectivity index (χ3v) is 3.00. The van der Waals surface area contributed by atoms with Crippen LogP contribution in [0, 0.1) is 0 Å². The molecule has 1 amide bonds. The molecule has 2 nitrogen and oxygen atoms in total. The first-order chi connectivity index (χ1) is 7.67. The molecule has 0 atom stereocenters. The molecule has 0 aliphatic carbocycles. The molecule has 1 aromatic carbocycles. The Labute approximate surface area is 110 Å². The lowest BCUT2D eigenvalue weighted by Gasteiger charge is -2.19. The van der Waals surface area contributed by atoms with Gasteiger partial charge in [0.15, 0.2) is 0 Å². The fraction of sp³-hybridized carbons (Fsp3) is 0.417. The van der Waals surface area contributed by atoms with E-state index in [1.54, 1.807) is 4.90 Å². The maximum atomic E-state index is 11.9. The van der Waals surface area contributed by atoms with Gasteiger partial charge in [-0.15, -0.1) is 11.6 Å². The maximum absolute atomic E-state index is 11.9. The van der Waals surface area contributed by atoms with Gasteiger partial charge < -0.3 is 4.90 Å². The Balaban J connectivity index is 2.62. The van der Waals surface area contributed by atoms with E-state index < -0.39 is 0 Å². The van der Waals surface area contributed by atoms with Crippen LogP contribution in [0.1, 0.15) is 12.5 Å². The van der Waals surface area contributed by atoms with Crippen molar-refractivity contribution in [3.05, 3.63) is 34.3 Å². The zero-order valence-electron chi connectivity index (χ0n) is 9.25. The van der Waals surface area contributed by atoms with Crippen LogP contribution in [0.5, 0.6) is 0 Å². The zero-order valence-corrected chi connectivity index (χ0v) is 11.6. The van der Waals surface area contributed by atoms with Crippen LogP contribution in [-0.4, -0.2) is 29.8 Å². The molecule has 0 saturated carbocycles. The van der Waals surface area contributed by atoms with Crippen molar-refractivity contribution in [2.75, 3.05) is 19.0 Å². The number of hydrogen-bond acceptors (Lipinski definition) is 1. The maximum Gasteiger partial charge on any atom is 0.227 e. The van der Waals surface area contributed by atoms with Gasteiger partial charge in [0.1, 0.15) is 0 Å². The number of rotatable bonds is 5. The first-order valence-corrected chi connectivity index (χ1v) is 6.58. The van der Waals surface area contributed by atoms with E-state index in [1.807, 2.05) is 31.2 Å². The standard InChI is InChI=1S/C12H15BrClNO/c1-2-15(7-6-14)12(16)9-10-4-3-5-11(13)8-10/h3-5,8H,2,6-7,9H2,1H3. The van der Waals surface area contributed by atoms with Crippen molar-refractivity contribution in [2.45, 2.75) is 13.3 Å². The monoisotopic (exact) mass is 303 g/mol. The van der Waals surface area contributed by atoms with Gasteiger partial charge in [0, 0.05) is 23.4 Å². The lowest BCUT2D eigenvalue weighted by Crippen LogP contribution is -2.33. The number of alkyl halides is 1. The van der Waals surface area contributed by atoms with E-state index in [0.717, 1.165) is 10.0 Å². The molecule has 0 aliphatic rings. The molecular formula is C12H15BrClNO. The summed E-state index contributed by atoms with van der Waals surface area (Å²) in [6.45, 7) is 3.29. The van der Waals surface area contributed by atoms with Gasteiger partial charge in [-0.3, -0.25) is 4.79 Å². The molecule has 0 bridgehead atoms. The molecule has 0 aromatic heterocycles. The molecule has 0 spiro atoms. The fourth-order valence-electron chi connectivity index (χ4n) is 1.49. The van der Waals surface area contributed by atoms with Crippen molar-refractivity contribution in [2.24, 2.45) is 0 Å². The van der Waals surface area contributed by atoms with Crippen LogP contribution in [0.2, 0.25) is 0 Å². The first-order valence-electron chi connectivity index (χ1n) is 5.25. The lowest BCUT2D eigenvalue weighted by atomic mass is 10.1. The van der Waals surface area contributed by atoms with Gasteiger partial charge >= 0.3 is 0 Å². The van der Waals surface area contributed by atoms with E-state index in [2.05, 4.69) is 15.9 Å². The Kier molecular flexibility index (Phi) is 5.85. The summed E-state index contributed by atoms with van der Waals surface area (Å²) < 4.78 is 0.998. The van der Waals surface area contributed by atoms with Crippen molar-refractivity contribution in [3.8, 4) is 0 Å². The number of benzene rings is 1. The van der Waals surface area contributed by atoms with Crippen LogP contribution >= 0.6 is 27.5 Å². The number of amides is 1. The van der Waals surface area contributed by atoms with Crippen LogP contribution in [0.4, 0.5) is 0 Å². The van der Waals surface area contributed by atoms with Crippen molar-refractivity contribution < 1.29 is 4.79 Å². The van der Waals surface area contributed by atoms with Gasteiger partial charge in [0.05, 0.1) is 6.42 Å². The summed E-state index contributed by atoms with van der Waals surface area (Å²) >= 11 is 9.04. The summed E-state index contributed by atoms with van der Waals surface area (Å²) in [5.41, 5.74) is 1.02. The number of likely N-dealkylation sites (N-methyl/N-ethyl adjacent to an activating group) is 1. The zero-order chi connectivity index (χ0) is 12.0. The molecule has 0 N–H and O–H groups in total. The molecule has 0 radical (unpaired) electrons. The fourth-order valence-corrected chi connectivity index (χ4v) is 2.15. The Bertz CT molecular complexity index is 357. The summed E-state index contributed by atoms with van der Waals surface area (Å²) in [5, 5.41) is 0. The highest BCUT2D eigenvalue weighted by Crippen LogP contribution is 2.12. The smallest absolute Gasteiger partial charge is 0.227 e. The number of carbonyl (C=O) groups excluding carboxylic acids is 1. The lowest BCUT2D eigenvalue weighted by molar-refractivity contribution is -0.130. The highest BCUT2D eigenvalue weighted by atomic mass is 79.9. The summed E-state index contributed by atoms with van der Waals surface area (Å²) in [6, 6.07) is 7.80. The summed E-state index contributed by atoms with van der Waals surface area (Å²) in [6.07, 6.45) is 0.435. The quantitative estimate of drug-likeness (QED) is 0.766. The van der Waals surface area contributed by atoms with Gasteiger partial charge in [-0.1, -0.05) is 28.1 Å². The molecular weight excluding hydrogens is 289 g/mol. The second kappa shape index (κ2) is 6.92. The third-order valence-electron chi connectivity index (χ3n) is 2.33. The normalized spacial score (nSPS) is 10.2. The van der Waals surface area contributed by atoms with Crippen LogP contribution in [-0.2, 0) is 11.2 Å². The molecule has 1 aromatic rings. The van der Waals surface area contributed by atoms with E-state index in [-0.39, 0.29) is 5.91 Å². The van der Waals surface area contributed by atoms with Gasteiger partial charge in [-0.05, 0) is 24.6 Å². The molecule has 0 heterocycles. The molecule has 0 unspecified atom stereocenters. The van der Waals surface area contributed by atoms with Crippen LogP contribution in [0.3, 0.4) is 0 Å². The summed E-state index contributed by atoms with van der Waals surface area (Å²) in [5.74, 6) is 0.610. The second-order valence-electron chi connectivity index (χ2n) is 3.47. The van der Waals surface area contributed by atoms with Gasteiger partial charge in [-0.2, -0.15) is 0 Å². The molecule has 1 rings (SSSR count). The Morgan fingerprint density at radius 1 is 1.50 bits per heavy atom. The number of hydrogen-bond donors (Lipinski definition) is 0. The highest BCUT2D eigenvalue weighted by molar-refractivity contribution is 9.10. The number of carbonyl (C=O) groups is 1. The SMILES string of the molecule is CCN(CCCl)C(=O)Cc1cccc(Br)c1. The molecule has 0 aliphatic heterocycles. The summed E-state index contributed by atoms with van der Waals surface area (Å²) in [4.78, 5) is 13.7. The molecule has 16 heavy (non-hydrogen) atoms. The van der Waals surface area contributed by atoms with Crippen LogP contribution in [0.15, 0.2) is 28.7 Å². The minimum atomic E-state index is 0.126. The van der Waals surface area contributed by atoms with Crippen molar-refractivity contribution in [1.29, 1.82) is 0 Å². The Hall–Kier alpha value is -0.540.